The highest BCUT2D eigenvalue weighted by molar-refractivity contribution is 5.81. The molecule has 7 nitrogen and oxygen atoms in total. The molecule has 0 saturated carbocycles. The Kier molecular flexibility index (Phi) is 6.72. The summed E-state index contributed by atoms with van der Waals surface area (Å²) in [5.41, 5.74) is 2.97. The van der Waals surface area contributed by atoms with Gasteiger partial charge in [0, 0.05) is 12.6 Å². The Labute approximate surface area is 176 Å². The number of rotatable bonds is 8. The maximum absolute atomic E-state index is 12.9. The number of amides is 1. The number of hydrogen-bond donors (Lipinski definition) is 0. The summed E-state index contributed by atoms with van der Waals surface area (Å²) in [5, 5.41) is 4.02. The van der Waals surface area contributed by atoms with Crippen molar-refractivity contribution in [2.24, 2.45) is 0 Å². The summed E-state index contributed by atoms with van der Waals surface area (Å²) in [6.07, 6.45) is -0.0355. The first-order chi connectivity index (χ1) is 14.4. The zero-order chi connectivity index (χ0) is 21.7. The van der Waals surface area contributed by atoms with Crippen LogP contribution >= 0.6 is 0 Å². The summed E-state index contributed by atoms with van der Waals surface area (Å²) in [6.45, 7) is 6.13. The van der Waals surface area contributed by atoms with Gasteiger partial charge in [-0.1, -0.05) is 30.3 Å². The fourth-order valence-electron chi connectivity index (χ4n) is 3.20. The van der Waals surface area contributed by atoms with Gasteiger partial charge in [0.15, 0.2) is 6.10 Å². The molecule has 1 atom stereocenters. The van der Waals surface area contributed by atoms with Crippen LogP contribution in [0.25, 0.3) is 11.4 Å². The van der Waals surface area contributed by atoms with Gasteiger partial charge in [-0.25, -0.2) is 0 Å². The van der Waals surface area contributed by atoms with Crippen molar-refractivity contribution < 1.29 is 18.8 Å². The van der Waals surface area contributed by atoms with Crippen LogP contribution in [-0.2, 0) is 11.3 Å². The molecule has 1 unspecified atom stereocenters. The Morgan fingerprint density at radius 3 is 2.53 bits per heavy atom. The standard InChI is InChI=1S/C23H27N3O4/c1-6-20(29-19-11-15(2)10-16(3)12-19)23(27)26(4)14-21-24-22(25-30-21)17-8-7-9-18(13-17)28-5/h7-13,20H,6,14H2,1-5H3. The Hall–Kier alpha value is -3.35. The summed E-state index contributed by atoms with van der Waals surface area (Å²) in [4.78, 5) is 18.9. The topological polar surface area (TPSA) is 77.7 Å². The van der Waals surface area contributed by atoms with Crippen LogP contribution in [0.5, 0.6) is 11.5 Å². The fraction of sp³-hybridized carbons (Fsp3) is 0.348. The van der Waals surface area contributed by atoms with Crippen LogP contribution in [-0.4, -0.2) is 41.2 Å². The van der Waals surface area contributed by atoms with Crippen LogP contribution in [0, 0.1) is 13.8 Å². The second kappa shape index (κ2) is 9.43. The van der Waals surface area contributed by atoms with E-state index < -0.39 is 6.10 Å². The van der Waals surface area contributed by atoms with Gasteiger partial charge in [-0.2, -0.15) is 4.98 Å². The van der Waals surface area contributed by atoms with E-state index in [1.165, 1.54) is 0 Å². The van der Waals surface area contributed by atoms with Crippen LogP contribution < -0.4 is 9.47 Å². The number of likely N-dealkylation sites (N-methyl/N-ethyl adjacent to an activating group) is 1. The lowest BCUT2D eigenvalue weighted by molar-refractivity contribution is -0.138. The summed E-state index contributed by atoms with van der Waals surface area (Å²) in [7, 11) is 3.30. The highest BCUT2D eigenvalue weighted by atomic mass is 16.5. The molecule has 0 fully saturated rings. The van der Waals surface area contributed by atoms with Crippen molar-refractivity contribution in [2.75, 3.05) is 14.2 Å². The molecule has 0 aliphatic rings. The number of carbonyl (C=O) groups is 1. The third-order valence-corrected chi connectivity index (χ3v) is 4.66. The molecule has 3 aromatic rings. The lowest BCUT2D eigenvalue weighted by Crippen LogP contribution is -2.39. The molecular formula is C23H27N3O4. The average Bonchev–Trinajstić information content (AvgIpc) is 3.19. The van der Waals surface area contributed by atoms with Crippen LogP contribution in [0.4, 0.5) is 0 Å². The van der Waals surface area contributed by atoms with Gasteiger partial charge in [-0.3, -0.25) is 4.79 Å². The lowest BCUT2D eigenvalue weighted by atomic mass is 10.1. The maximum Gasteiger partial charge on any atom is 0.263 e. The normalized spacial score (nSPS) is 11.8. The van der Waals surface area contributed by atoms with Gasteiger partial charge in [0.1, 0.15) is 11.5 Å². The van der Waals surface area contributed by atoms with Gasteiger partial charge in [-0.05, 0) is 55.7 Å². The molecule has 1 amide bonds. The SMILES string of the molecule is CCC(Oc1cc(C)cc(C)c1)C(=O)N(C)Cc1nc(-c2cccc(OC)c2)no1. The molecule has 0 aliphatic carbocycles. The van der Waals surface area contributed by atoms with E-state index in [0.717, 1.165) is 16.7 Å². The number of nitrogens with zero attached hydrogens (tertiary/aromatic N) is 3. The van der Waals surface area contributed by atoms with Crippen molar-refractivity contribution in [3.8, 4) is 22.9 Å². The third-order valence-electron chi connectivity index (χ3n) is 4.66. The minimum atomic E-state index is -0.586. The van der Waals surface area contributed by atoms with E-state index in [0.29, 0.717) is 29.6 Å². The molecule has 0 saturated heterocycles. The number of aryl methyl sites for hydroxylation is 2. The van der Waals surface area contributed by atoms with Crippen molar-refractivity contribution in [1.29, 1.82) is 0 Å². The molecule has 0 radical (unpaired) electrons. The van der Waals surface area contributed by atoms with Gasteiger partial charge in [-0.15, -0.1) is 0 Å². The molecule has 158 valence electrons. The molecule has 0 N–H and O–H groups in total. The number of hydrogen-bond acceptors (Lipinski definition) is 6. The van der Waals surface area contributed by atoms with Gasteiger partial charge >= 0.3 is 0 Å². The van der Waals surface area contributed by atoms with E-state index in [1.807, 2.05) is 57.2 Å². The predicted molar refractivity (Wildman–Crippen MR) is 113 cm³/mol. The Morgan fingerprint density at radius 1 is 1.13 bits per heavy atom. The van der Waals surface area contributed by atoms with Crippen molar-refractivity contribution in [1.82, 2.24) is 15.0 Å². The maximum atomic E-state index is 12.9. The number of methoxy groups -OCH3 is 1. The number of ether oxygens (including phenoxy) is 2. The third kappa shape index (κ3) is 5.17. The highest BCUT2D eigenvalue weighted by Gasteiger charge is 2.24. The molecule has 0 aliphatic heterocycles. The molecule has 3 rings (SSSR count). The second-order valence-electron chi connectivity index (χ2n) is 7.28. The van der Waals surface area contributed by atoms with E-state index in [9.17, 15) is 4.79 Å². The molecular weight excluding hydrogens is 382 g/mol. The molecule has 1 heterocycles. The first-order valence-corrected chi connectivity index (χ1v) is 9.86. The van der Waals surface area contributed by atoms with Crippen LogP contribution in [0.3, 0.4) is 0 Å². The van der Waals surface area contributed by atoms with Crippen LogP contribution in [0.15, 0.2) is 47.0 Å². The van der Waals surface area contributed by atoms with Crippen molar-refractivity contribution in [3.05, 3.63) is 59.5 Å². The lowest BCUT2D eigenvalue weighted by Gasteiger charge is -2.23. The van der Waals surface area contributed by atoms with E-state index >= 15 is 0 Å². The van der Waals surface area contributed by atoms with Crippen molar-refractivity contribution >= 4 is 5.91 Å². The highest BCUT2D eigenvalue weighted by Crippen LogP contribution is 2.22. The summed E-state index contributed by atoms with van der Waals surface area (Å²) in [5.74, 6) is 2.06. The Balaban J connectivity index is 1.67. The van der Waals surface area contributed by atoms with E-state index in [4.69, 9.17) is 14.0 Å². The number of aromatic nitrogens is 2. The molecule has 7 heteroatoms. The Morgan fingerprint density at radius 2 is 1.87 bits per heavy atom. The van der Waals surface area contributed by atoms with Crippen LogP contribution in [0.2, 0.25) is 0 Å². The largest absolute Gasteiger partial charge is 0.497 e. The van der Waals surface area contributed by atoms with E-state index in [-0.39, 0.29) is 12.5 Å². The van der Waals surface area contributed by atoms with Gasteiger partial charge in [0.05, 0.1) is 13.7 Å². The van der Waals surface area contributed by atoms with Crippen molar-refractivity contribution in [3.63, 3.8) is 0 Å². The first-order valence-electron chi connectivity index (χ1n) is 9.86. The number of carbonyl (C=O) groups excluding carboxylic acids is 1. The average molecular weight is 409 g/mol. The van der Waals surface area contributed by atoms with E-state index in [1.54, 1.807) is 19.1 Å². The Bertz CT molecular complexity index is 995. The molecule has 0 spiro atoms. The van der Waals surface area contributed by atoms with Crippen molar-refractivity contribution in [2.45, 2.75) is 39.8 Å². The minimum absolute atomic E-state index is 0.141. The molecule has 30 heavy (non-hydrogen) atoms. The monoisotopic (exact) mass is 409 g/mol. The zero-order valence-electron chi connectivity index (χ0n) is 18.0. The second-order valence-corrected chi connectivity index (χ2v) is 7.28. The smallest absolute Gasteiger partial charge is 0.263 e. The molecule has 0 bridgehead atoms. The van der Waals surface area contributed by atoms with Crippen LogP contribution in [0.1, 0.15) is 30.4 Å². The summed E-state index contributed by atoms with van der Waals surface area (Å²) in [6, 6.07) is 13.3. The predicted octanol–water partition coefficient (Wildman–Crippen LogP) is 4.18. The number of benzene rings is 2. The quantitative estimate of drug-likeness (QED) is 0.555. The van der Waals surface area contributed by atoms with Gasteiger partial charge in [0.2, 0.25) is 11.7 Å². The van der Waals surface area contributed by atoms with Gasteiger partial charge < -0.3 is 18.9 Å². The van der Waals surface area contributed by atoms with E-state index in [2.05, 4.69) is 16.2 Å². The van der Waals surface area contributed by atoms with Gasteiger partial charge in [0.25, 0.3) is 5.91 Å². The zero-order valence-corrected chi connectivity index (χ0v) is 18.0. The molecule has 1 aromatic heterocycles. The summed E-state index contributed by atoms with van der Waals surface area (Å²) < 4.78 is 16.5. The fourth-order valence-corrected chi connectivity index (χ4v) is 3.20. The first kappa shape index (κ1) is 21.4. The summed E-state index contributed by atoms with van der Waals surface area (Å²) >= 11 is 0. The molecule has 2 aromatic carbocycles. The minimum Gasteiger partial charge on any atom is -0.497 e.